The average Bonchev–Trinajstić information content (AvgIpc) is 3.03. The molecule has 1 N–H and O–H groups in total. The van der Waals surface area contributed by atoms with E-state index in [4.69, 9.17) is 32.7 Å². The third-order valence-electron chi connectivity index (χ3n) is 2.78. The van der Waals surface area contributed by atoms with Gasteiger partial charge in [-0.05, 0) is 24.3 Å². The van der Waals surface area contributed by atoms with Crippen LogP contribution in [-0.4, -0.2) is 21.1 Å². The number of nitrogens with one attached hydrogen (secondary N) is 1. The summed E-state index contributed by atoms with van der Waals surface area (Å²) in [6.45, 7) is 0.0573. The zero-order valence-corrected chi connectivity index (χ0v) is 13.8. The van der Waals surface area contributed by atoms with Crippen molar-refractivity contribution in [3.8, 4) is 11.5 Å². The Kier molecular flexibility index (Phi) is 3.94. The van der Waals surface area contributed by atoms with Gasteiger partial charge in [-0.15, -0.1) is 11.3 Å². The molecule has 1 amide bonds. The Morgan fingerprint density at radius 2 is 1.91 bits per heavy atom. The fourth-order valence-corrected chi connectivity index (χ4v) is 4.91. The largest absolute Gasteiger partial charge is 0.454 e. The number of ether oxygens (including phenoxy) is 2. The Hall–Kier alpha value is -1.48. The van der Waals surface area contributed by atoms with Crippen molar-refractivity contribution in [3.63, 3.8) is 0 Å². The Bertz CT molecular complexity index is 862. The summed E-state index contributed by atoms with van der Waals surface area (Å²) < 4.78 is 36.7. The summed E-state index contributed by atoms with van der Waals surface area (Å²) in [5.74, 6) is 0.0606. The molecule has 1 aliphatic heterocycles. The maximum atomic E-state index is 12.2. The number of rotatable bonds is 3. The highest BCUT2D eigenvalue weighted by Crippen LogP contribution is 2.35. The first-order chi connectivity index (χ1) is 10.4. The molecule has 0 aliphatic carbocycles. The molecule has 0 fully saturated rings. The van der Waals surface area contributed by atoms with Gasteiger partial charge in [-0.2, -0.15) is 0 Å². The number of fused-ring (bicyclic) bond motifs is 1. The number of amides is 1. The summed E-state index contributed by atoms with van der Waals surface area (Å²) in [7, 11) is -4.11. The highest BCUT2D eigenvalue weighted by molar-refractivity contribution is 7.90. The second-order valence-electron chi connectivity index (χ2n) is 4.19. The van der Waals surface area contributed by atoms with E-state index >= 15 is 0 Å². The van der Waals surface area contributed by atoms with E-state index in [1.165, 1.54) is 24.3 Å². The molecule has 0 atom stereocenters. The number of hydrogen-bond acceptors (Lipinski definition) is 6. The van der Waals surface area contributed by atoms with E-state index < -0.39 is 15.9 Å². The summed E-state index contributed by atoms with van der Waals surface area (Å²) in [4.78, 5) is 11.9. The van der Waals surface area contributed by atoms with Gasteiger partial charge in [0.25, 0.3) is 15.9 Å². The van der Waals surface area contributed by atoms with Crippen molar-refractivity contribution in [2.24, 2.45) is 0 Å². The van der Waals surface area contributed by atoms with E-state index in [0.29, 0.717) is 11.5 Å². The second kappa shape index (κ2) is 5.62. The normalized spacial score (nSPS) is 13.2. The third kappa shape index (κ3) is 2.87. The van der Waals surface area contributed by atoms with E-state index in [-0.39, 0.29) is 25.9 Å². The molecule has 10 heteroatoms. The van der Waals surface area contributed by atoms with Crippen molar-refractivity contribution < 1.29 is 22.7 Å². The fraction of sp³-hybridized carbons (Fsp3) is 0.0833. The van der Waals surface area contributed by atoms with Crippen LogP contribution in [0.2, 0.25) is 8.67 Å². The van der Waals surface area contributed by atoms with Crippen molar-refractivity contribution in [2.75, 3.05) is 6.79 Å². The minimum atomic E-state index is -4.11. The van der Waals surface area contributed by atoms with E-state index in [2.05, 4.69) is 0 Å². The van der Waals surface area contributed by atoms with Crippen molar-refractivity contribution >= 4 is 50.5 Å². The number of halogens is 2. The molecule has 0 bridgehead atoms. The van der Waals surface area contributed by atoms with Crippen LogP contribution in [0.1, 0.15) is 10.4 Å². The van der Waals surface area contributed by atoms with Gasteiger partial charge in [0.1, 0.15) is 9.23 Å². The maximum absolute atomic E-state index is 12.2. The van der Waals surface area contributed by atoms with Gasteiger partial charge in [0.15, 0.2) is 11.5 Å². The first-order valence-electron chi connectivity index (χ1n) is 5.78. The zero-order valence-electron chi connectivity index (χ0n) is 10.6. The summed E-state index contributed by atoms with van der Waals surface area (Å²) in [6.07, 6.45) is 0. The number of thiophene rings is 1. The topological polar surface area (TPSA) is 81.7 Å². The molecule has 22 heavy (non-hydrogen) atoms. The molecule has 6 nitrogen and oxygen atoms in total. The average molecular weight is 380 g/mol. The number of carbonyl (C=O) groups excluding carboxylic acids is 1. The van der Waals surface area contributed by atoms with Gasteiger partial charge < -0.3 is 9.47 Å². The number of benzene rings is 1. The molecule has 1 aromatic heterocycles. The van der Waals surface area contributed by atoms with Crippen molar-refractivity contribution in [3.05, 3.63) is 38.5 Å². The van der Waals surface area contributed by atoms with Crippen LogP contribution in [0.3, 0.4) is 0 Å². The van der Waals surface area contributed by atoms with Crippen molar-refractivity contribution in [2.45, 2.75) is 4.90 Å². The number of hydrogen-bond donors (Lipinski definition) is 1. The molecule has 0 spiro atoms. The summed E-state index contributed by atoms with van der Waals surface area (Å²) >= 11 is 12.4. The Morgan fingerprint density at radius 3 is 2.59 bits per heavy atom. The molecule has 2 aromatic rings. The predicted octanol–water partition coefficient (Wildman–Crippen LogP) is 2.90. The van der Waals surface area contributed by atoms with E-state index in [1.807, 2.05) is 4.72 Å². The lowest BCUT2D eigenvalue weighted by Gasteiger charge is -2.06. The number of sulfonamides is 1. The monoisotopic (exact) mass is 379 g/mol. The Balaban J connectivity index is 1.86. The lowest BCUT2D eigenvalue weighted by molar-refractivity contribution is 0.0981. The zero-order chi connectivity index (χ0) is 15.9. The Morgan fingerprint density at radius 1 is 1.18 bits per heavy atom. The van der Waals surface area contributed by atoms with Crippen LogP contribution < -0.4 is 14.2 Å². The van der Waals surface area contributed by atoms with Crippen LogP contribution in [0.4, 0.5) is 0 Å². The summed E-state index contributed by atoms with van der Waals surface area (Å²) in [5, 5.41) is 0. The van der Waals surface area contributed by atoms with Crippen LogP contribution in [0.15, 0.2) is 29.2 Å². The van der Waals surface area contributed by atoms with Gasteiger partial charge in [0.05, 0.1) is 4.34 Å². The van der Waals surface area contributed by atoms with Gasteiger partial charge in [0, 0.05) is 5.56 Å². The maximum Gasteiger partial charge on any atom is 0.266 e. The summed E-state index contributed by atoms with van der Waals surface area (Å²) in [5.41, 5.74) is 0.116. The lowest BCUT2D eigenvalue weighted by atomic mass is 10.2. The van der Waals surface area contributed by atoms with Crippen molar-refractivity contribution in [1.82, 2.24) is 4.72 Å². The molecule has 3 rings (SSSR count). The van der Waals surface area contributed by atoms with Gasteiger partial charge in [-0.25, -0.2) is 13.1 Å². The fourth-order valence-electron chi connectivity index (χ4n) is 1.78. The first-order valence-corrected chi connectivity index (χ1v) is 8.84. The van der Waals surface area contributed by atoms with E-state index in [9.17, 15) is 13.2 Å². The molecular formula is C12H7Cl2NO5S2. The molecule has 1 aromatic carbocycles. The molecule has 0 saturated heterocycles. The van der Waals surface area contributed by atoms with Gasteiger partial charge in [-0.1, -0.05) is 23.2 Å². The molecular weight excluding hydrogens is 373 g/mol. The van der Waals surface area contributed by atoms with Crippen LogP contribution in [0.25, 0.3) is 0 Å². The number of carbonyl (C=O) groups is 1. The van der Waals surface area contributed by atoms with Crippen LogP contribution >= 0.6 is 34.5 Å². The van der Waals surface area contributed by atoms with Crippen molar-refractivity contribution in [1.29, 1.82) is 0 Å². The van der Waals surface area contributed by atoms with Gasteiger partial charge in [-0.3, -0.25) is 4.79 Å². The predicted molar refractivity (Wildman–Crippen MR) is 81.6 cm³/mol. The van der Waals surface area contributed by atoms with E-state index in [0.717, 1.165) is 11.3 Å². The van der Waals surface area contributed by atoms with Gasteiger partial charge in [0.2, 0.25) is 6.79 Å². The minimum Gasteiger partial charge on any atom is -0.454 e. The standard InChI is InChI=1S/C12H7Cl2NO5S2/c13-10-4-9(11(14)21-10)22(17,18)15-12(16)6-1-2-7-8(3-6)20-5-19-7/h1-4H,5H2,(H,15,16). The van der Waals surface area contributed by atoms with Crippen LogP contribution in [-0.2, 0) is 10.0 Å². The van der Waals surface area contributed by atoms with Gasteiger partial charge >= 0.3 is 0 Å². The molecule has 2 heterocycles. The highest BCUT2D eigenvalue weighted by atomic mass is 35.5. The molecule has 116 valence electrons. The quantitative estimate of drug-likeness (QED) is 0.886. The first kappa shape index (κ1) is 15.4. The molecule has 0 radical (unpaired) electrons. The third-order valence-corrected chi connectivity index (χ3v) is 5.86. The summed E-state index contributed by atoms with van der Waals surface area (Å²) in [6, 6.07) is 5.54. The minimum absolute atomic E-state index is 0.0176. The SMILES string of the molecule is O=C(NS(=O)(=O)c1cc(Cl)sc1Cl)c1ccc2c(c1)OCO2. The van der Waals surface area contributed by atoms with Crippen LogP contribution in [0, 0.1) is 0 Å². The van der Waals surface area contributed by atoms with E-state index in [1.54, 1.807) is 0 Å². The smallest absolute Gasteiger partial charge is 0.266 e. The molecule has 1 aliphatic rings. The lowest BCUT2D eigenvalue weighted by Crippen LogP contribution is -2.30. The Labute approximate surface area is 139 Å². The molecule has 0 saturated carbocycles. The second-order valence-corrected chi connectivity index (χ2v) is 8.13. The molecule has 0 unspecified atom stereocenters. The van der Waals surface area contributed by atoms with Crippen LogP contribution in [0.5, 0.6) is 11.5 Å². The highest BCUT2D eigenvalue weighted by Gasteiger charge is 2.25.